The summed E-state index contributed by atoms with van der Waals surface area (Å²) >= 11 is 0. The third-order valence-corrected chi connectivity index (χ3v) is 6.90. The van der Waals surface area contributed by atoms with Gasteiger partial charge in [0.05, 0.1) is 10.3 Å². The first kappa shape index (κ1) is 19.8. The minimum atomic E-state index is -3.83. The third-order valence-electron chi connectivity index (χ3n) is 5.50. The fourth-order valence-corrected chi connectivity index (χ4v) is 4.84. The van der Waals surface area contributed by atoms with E-state index in [2.05, 4.69) is 9.88 Å². The van der Waals surface area contributed by atoms with Gasteiger partial charge in [-0.2, -0.15) is 0 Å². The molecule has 2 aliphatic heterocycles. The standard InChI is InChI=1S/C21H21N3O6S/c25-21(24-8-2-1-3-9-24)20-16-11-15(5-7-17(16)30-23-20)31(26,27)22-12-14-4-6-18-19(10-14)29-13-28-18/h4-7,10-11,22H,1-3,8-9,12-13H2. The third kappa shape index (κ3) is 3.84. The number of fused-ring (bicyclic) bond motifs is 2. The molecule has 2 aliphatic rings. The van der Waals surface area contributed by atoms with Crippen molar-refractivity contribution < 1.29 is 27.2 Å². The molecule has 0 radical (unpaired) electrons. The topological polar surface area (TPSA) is 111 Å². The molecule has 0 spiro atoms. The van der Waals surface area contributed by atoms with E-state index in [0.29, 0.717) is 35.6 Å². The Balaban J connectivity index is 1.38. The first-order chi connectivity index (χ1) is 15.0. The summed E-state index contributed by atoms with van der Waals surface area (Å²) in [5.74, 6) is 0.986. The Morgan fingerprint density at radius 3 is 2.68 bits per heavy atom. The van der Waals surface area contributed by atoms with Crippen LogP contribution in [0.25, 0.3) is 11.0 Å². The molecule has 0 atom stereocenters. The SMILES string of the molecule is O=C(c1noc2ccc(S(=O)(=O)NCc3ccc4c(c3)OCO4)cc12)N1CCCCC1. The Morgan fingerprint density at radius 1 is 1.03 bits per heavy atom. The fraction of sp³-hybridized carbons (Fsp3) is 0.333. The number of benzene rings is 2. The summed E-state index contributed by atoms with van der Waals surface area (Å²) in [6, 6.07) is 9.64. The largest absolute Gasteiger partial charge is 0.454 e. The van der Waals surface area contributed by atoms with Gasteiger partial charge in [0.15, 0.2) is 22.8 Å². The molecule has 1 fully saturated rings. The summed E-state index contributed by atoms with van der Waals surface area (Å²) in [5, 5.41) is 4.30. The molecule has 10 heteroatoms. The molecule has 1 N–H and O–H groups in total. The maximum Gasteiger partial charge on any atom is 0.276 e. The molecule has 31 heavy (non-hydrogen) atoms. The van der Waals surface area contributed by atoms with Crippen molar-refractivity contribution >= 4 is 26.9 Å². The van der Waals surface area contributed by atoms with Gasteiger partial charge in [-0.05, 0) is 55.2 Å². The number of nitrogens with zero attached hydrogens (tertiary/aromatic N) is 2. The minimum absolute atomic E-state index is 0.0386. The Labute approximate surface area is 179 Å². The molecule has 3 heterocycles. The van der Waals surface area contributed by atoms with E-state index < -0.39 is 10.0 Å². The molecule has 0 unspecified atom stereocenters. The maximum atomic E-state index is 12.9. The lowest BCUT2D eigenvalue weighted by Crippen LogP contribution is -2.35. The molecular formula is C21H21N3O6S. The van der Waals surface area contributed by atoms with Crippen molar-refractivity contribution in [3.63, 3.8) is 0 Å². The second-order valence-corrected chi connectivity index (χ2v) is 9.32. The van der Waals surface area contributed by atoms with Crippen molar-refractivity contribution in [2.24, 2.45) is 0 Å². The summed E-state index contributed by atoms with van der Waals surface area (Å²) in [7, 11) is -3.83. The molecule has 0 saturated carbocycles. The highest BCUT2D eigenvalue weighted by Gasteiger charge is 2.25. The summed E-state index contributed by atoms with van der Waals surface area (Å²) in [4.78, 5) is 14.6. The zero-order valence-corrected chi connectivity index (χ0v) is 17.5. The van der Waals surface area contributed by atoms with Gasteiger partial charge in [-0.1, -0.05) is 11.2 Å². The van der Waals surface area contributed by atoms with E-state index in [1.165, 1.54) is 18.2 Å². The molecule has 0 aliphatic carbocycles. The number of piperidine rings is 1. The van der Waals surface area contributed by atoms with E-state index in [9.17, 15) is 13.2 Å². The smallest absolute Gasteiger partial charge is 0.276 e. The molecule has 5 rings (SSSR count). The molecule has 162 valence electrons. The van der Waals surface area contributed by atoms with E-state index >= 15 is 0 Å². The van der Waals surface area contributed by atoms with Gasteiger partial charge < -0.3 is 18.9 Å². The maximum absolute atomic E-state index is 12.9. The predicted molar refractivity (Wildman–Crippen MR) is 110 cm³/mol. The van der Waals surface area contributed by atoms with Crippen molar-refractivity contribution in [1.82, 2.24) is 14.8 Å². The highest BCUT2D eigenvalue weighted by molar-refractivity contribution is 7.89. The molecular weight excluding hydrogens is 422 g/mol. The number of amides is 1. The van der Waals surface area contributed by atoms with Gasteiger partial charge >= 0.3 is 0 Å². The monoisotopic (exact) mass is 443 g/mol. The van der Waals surface area contributed by atoms with E-state index in [1.807, 2.05) is 0 Å². The van der Waals surface area contributed by atoms with E-state index in [0.717, 1.165) is 24.8 Å². The quantitative estimate of drug-likeness (QED) is 0.645. The summed E-state index contributed by atoms with van der Waals surface area (Å²) in [6.45, 7) is 1.58. The number of aromatic nitrogens is 1. The van der Waals surface area contributed by atoms with Gasteiger partial charge in [-0.25, -0.2) is 13.1 Å². The second-order valence-electron chi connectivity index (χ2n) is 7.55. The first-order valence-electron chi connectivity index (χ1n) is 10.1. The minimum Gasteiger partial charge on any atom is -0.454 e. The van der Waals surface area contributed by atoms with Crippen molar-refractivity contribution in [2.75, 3.05) is 19.9 Å². The summed E-state index contributed by atoms with van der Waals surface area (Å²) in [6.07, 6.45) is 3.00. The average Bonchev–Trinajstić information content (AvgIpc) is 3.44. The number of ether oxygens (including phenoxy) is 2. The highest BCUT2D eigenvalue weighted by atomic mass is 32.2. The van der Waals surface area contributed by atoms with Crippen LogP contribution in [0.15, 0.2) is 45.8 Å². The van der Waals surface area contributed by atoms with Gasteiger partial charge in [0.1, 0.15) is 0 Å². The molecule has 2 aromatic carbocycles. The Bertz CT molecular complexity index is 1250. The molecule has 1 saturated heterocycles. The number of carbonyl (C=O) groups is 1. The lowest BCUT2D eigenvalue weighted by molar-refractivity contribution is 0.0715. The molecule has 1 aromatic heterocycles. The van der Waals surface area contributed by atoms with Crippen LogP contribution in [0.1, 0.15) is 35.3 Å². The second kappa shape index (κ2) is 7.86. The normalized spacial score (nSPS) is 16.1. The van der Waals surface area contributed by atoms with Crippen LogP contribution in [0.5, 0.6) is 11.5 Å². The highest BCUT2D eigenvalue weighted by Crippen LogP contribution is 2.32. The van der Waals surface area contributed by atoms with Crippen LogP contribution in [-0.4, -0.2) is 44.3 Å². The Kier molecular flexibility index (Phi) is 5.03. The molecule has 1 amide bonds. The van der Waals surface area contributed by atoms with Crippen LogP contribution >= 0.6 is 0 Å². The van der Waals surface area contributed by atoms with Gasteiger partial charge in [0.25, 0.3) is 5.91 Å². The number of hydrogen-bond donors (Lipinski definition) is 1. The van der Waals surface area contributed by atoms with Crippen molar-refractivity contribution in [3.8, 4) is 11.5 Å². The number of hydrogen-bond acceptors (Lipinski definition) is 7. The van der Waals surface area contributed by atoms with Crippen LogP contribution in [0.3, 0.4) is 0 Å². The fourth-order valence-electron chi connectivity index (χ4n) is 3.80. The molecule has 3 aromatic rings. The number of sulfonamides is 1. The lowest BCUT2D eigenvalue weighted by Gasteiger charge is -2.25. The van der Waals surface area contributed by atoms with Gasteiger partial charge in [-0.15, -0.1) is 0 Å². The van der Waals surface area contributed by atoms with Gasteiger partial charge in [0.2, 0.25) is 16.8 Å². The van der Waals surface area contributed by atoms with Gasteiger partial charge in [0, 0.05) is 19.6 Å². The predicted octanol–water partition coefficient (Wildman–Crippen LogP) is 2.66. The van der Waals surface area contributed by atoms with Gasteiger partial charge in [-0.3, -0.25) is 4.79 Å². The first-order valence-corrected chi connectivity index (χ1v) is 11.6. The van der Waals surface area contributed by atoms with Crippen LogP contribution in [-0.2, 0) is 16.6 Å². The number of rotatable bonds is 5. The molecule has 9 nitrogen and oxygen atoms in total. The number of carbonyl (C=O) groups excluding carboxylic acids is 1. The van der Waals surface area contributed by atoms with Crippen molar-refractivity contribution in [3.05, 3.63) is 47.7 Å². The Hall–Kier alpha value is -3.11. The van der Waals surface area contributed by atoms with Crippen LogP contribution in [0, 0.1) is 0 Å². The molecule has 0 bridgehead atoms. The summed E-state index contributed by atoms with van der Waals surface area (Å²) < 4.78 is 44.2. The summed E-state index contributed by atoms with van der Waals surface area (Å²) in [5.41, 5.74) is 1.25. The van der Waals surface area contributed by atoms with Crippen molar-refractivity contribution in [1.29, 1.82) is 0 Å². The van der Waals surface area contributed by atoms with E-state index in [1.54, 1.807) is 23.1 Å². The van der Waals surface area contributed by atoms with E-state index in [-0.39, 0.29) is 29.8 Å². The Morgan fingerprint density at radius 2 is 1.84 bits per heavy atom. The zero-order valence-electron chi connectivity index (χ0n) is 16.7. The van der Waals surface area contributed by atoms with E-state index in [4.69, 9.17) is 14.0 Å². The lowest BCUT2D eigenvalue weighted by atomic mass is 10.1. The average molecular weight is 443 g/mol. The number of likely N-dealkylation sites (tertiary alicyclic amines) is 1. The zero-order chi connectivity index (χ0) is 21.4. The van der Waals surface area contributed by atoms with Crippen LogP contribution in [0.2, 0.25) is 0 Å². The van der Waals surface area contributed by atoms with Crippen LogP contribution in [0.4, 0.5) is 0 Å². The number of nitrogens with one attached hydrogen (secondary N) is 1. The van der Waals surface area contributed by atoms with Crippen molar-refractivity contribution in [2.45, 2.75) is 30.7 Å². The van der Waals surface area contributed by atoms with Crippen LogP contribution < -0.4 is 14.2 Å².